The molecule has 3 rings (SSSR count). The van der Waals surface area contributed by atoms with E-state index in [9.17, 15) is 13.2 Å². The van der Waals surface area contributed by atoms with Crippen molar-refractivity contribution in [1.29, 1.82) is 0 Å². The van der Waals surface area contributed by atoms with Crippen LogP contribution in [0.15, 0.2) is 64.2 Å². The van der Waals surface area contributed by atoms with Crippen LogP contribution in [-0.2, 0) is 10.0 Å². The molecule has 0 fully saturated rings. The number of hydrogen-bond acceptors (Lipinski definition) is 6. The molecule has 30 heavy (non-hydrogen) atoms. The van der Waals surface area contributed by atoms with Crippen LogP contribution in [0.1, 0.15) is 28.9 Å². The zero-order valence-corrected chi connectivity index (χ0v) is 18.3. The van der Waals surface area contributed by atoms with Crippen molar-refractivity contribution in [2.45, 2.75) is 17.2 Å². The summed E-state index contributed by atoms with van der Waals surface area (Å²) in [6.07, 6.45) is 0. The van der Waals surface area contributed by atoms with Crippen LogP contribution in [0.5, 0.6) is 11.5 Å². The standard InChI is InChI=1S/C21H22N2O5S2/c1-14(18-13-17(27-2)10-11-19(18)28-3)22-21(24)15-6-8-16(9-7-15)23-30(25,26)20-5-4-12-29-20/h4-14,23H,1-3H3,(H,22,24)/t14-/m0/s1. The summed E-state index contributed by atoms with van der Waals surface area (Å²) in [4.78, 5) is 12.6. The summed E-state index contributed by atoms with van der Waals surface area (Å²) < 4.78 is 37.9. The largest absolute Gasteiger partial charge is 0.497 e. The van der Waals surface area contributed by atoms with Gasteiger partial charge in [0.05, 0.1) is 20.3 Å². The Morgan fingerprint density at radius 1 is 1.03 bits per heavy atom. The molecular weight excluding hydrogens is 424 g/mol. The van der Waals surface area contributed by atoms with Gasteiger partial charge >= 0.3 is 0 Å². The first-order valence-corrected chi connectivity index (χ1v) is 11.4. The summed E-state index contributed by atoms with van der Waals surface area (Å²) in [5.41, 5.74) is 1.57. The van der Waals surface area contributed by atoms with Gasteiger partial charge in [0, 0.05) is 16.8 Å². The van der Waals surface area contributed by atoms with Crippen LogP contribution in [0.4, 0.5) is 5.69 Å². The molecule has 0 saturated heterocycles. The number of benzene rings is 2. The van der Waals surface area contributed by atoms with Crippen LogP contribution in [0.25, 0.3) is 0 Å². The first kappa shape index (κ1) is 21.7. The lowest BCUT2D eigenvalue weighted by molar-refractivity contribution is 0.0939. The maximum Gasteiger partial charge on any atom is 0.271 e. The van der Waals surface area contributed by atoms with E-state index in [2.05, 4.69) is 10.0 Å². The number of carbonyl (C=O) groups is 1. The minimum absolute atomic E-state index is 0.227. The maximum absolute atomic E-state index is 12.6. The second-order valence-corrected chi connectivity index (χ2v) is 9.27. The van der Waals surface area contributed by atoms with Gasteiger partial charge in [-0.05, 0) is 60.8 Å². The molecule has 1 aromatic heterocycles. The highest BCUT2D eigenvalue weighted by Gasteiger charge is 2.18. The Bertz CT molecular complexity index is 1110. The summed E-state index contributed by atoms with van der Waals surface area (Å²) in [6, 6.07) is 14.5. The molecule has 1 amide bonds. The van der Waals surface area contributed by atoms with E-state index in [4.69, 9.17) is 9.47 Å². The number of carbonyl (C=O) groups excluding carboxylic acids is 1. The van der Waals surface area contributed by atoms with Gasteiger partial charge in [-0.1, -0.05) is 6.07 Å². The Balaban J connectivity index is 1.71. The van der Waals surface area contributed by atoms with Crippen LogP contribution >= 0.6 is 11.3 Å². The molecule has 2 N–H and O–H groups in total. The van der Waals surface area contributed by atoms with Gasteiger partial charge in [0.2, 0.25) is 0 Å². The molecule has 0 unspecified atom stereocenters. The molecule has 1 atom stereocenters. The van der Waals surface area contributed by atoms with Crippen LogP contribution in [0.2, 0.25) is 0 Å². The fourth-order valence-electron chi connectivity index (χ4n) is 2.85. The third kappa shape index (κ3) is 4.92. The van der Waals surface area contributed by atoms with E-state index in [0.717, 1.165) is 16.9 Å². The Labute approximate surface area is 179 Å². The second kappa shape index (κ2) is 9.19. The zero-order valence-electron chi connectivity index (χ0n) is 16.7. The van der Waals surface area contributed by atoms with E-state index >= 15 is 0 Å². The summed E-state index contributed by atoms with van der Waals surface area (Å²) >= 11 is 1.13. The topological polar surface area (TPSA) is 93.7 Å². The summed E-state index contributed by atoms with van der Waals surface area (Å²) in [5.74, 6) is 1.01. The van der Waals surface area contributed by atoms with Crippen molar-refractivity contribution in [3.05, 3.63) is 71.1 Å². The smallest absolute Gasteiger partial charge is 0.271 e. The predicted molar refractivity (Wildman–Crippen MR) is 117 cm³/mol. The first-order chi connectivity index (χ1) is 14.3. The SMILES string of the molecule is COc1ccc(OC)c([C@H](C)NC(=O)c2ccc(NS(=O)(=O)c3cccs3)cc2)c1. The minimum Gasteiger partial charge on any atom is -0.497 e. The van der Waals surface area contributed by atoms with Gasteiger partial charge in [-0.25, -0.2) is 8.42 Å². The van der Waals surface area contributed by atoms with E-state index in [-0.39, 0.29) is 16.2 Å². The molecule has 2 aromatic carbocycles. The van der Waals surface area contributed by atoms with Crippen LogP contribution in [0.3, 0.4) is 0 Å². The summed E-state index contributed by atoms with van der Waals surface area (Å²) in [5, 5.41) is 4.61. The number of hydrogen-bond donors (Lipinski definition) is 2. The highest BCUT2D eigenvalue weighted by molar-refractivity contribution is 7.94. The second-order valence-electron chi connectivity index (χ2n) is 6.42. The molecule has 7 nitrogen and oxygen atoms in total. The van der Waals surface area contributed by atoms with Gasteiger partial charge in [0.15, 0.2) is 0 Å². The number of anilines is 1. The van der Waals surface area contributed by atoms with Crippen molar-refractivity contribution in [3.63, 3.8) is 0 Å². The molecule has 0 bridgehead atoms. The van der Waals surface area contributed by atoms with Gasteiger partial charge in [0.25, 0.3) is 15.9 Å². The van der Waals surface area contributed by atoms with Crippen molar-refractivity contribution in [1.82, 2.24) is 5.32 Å². The number of amides is 1. The number of sulfonamides is 1. The lowest BCUT2D eigenvalue weighted by Crippen LogP contribution is -2.27. The minimum atomic E-state index is -3.63. The van der Waals surface area contributed by atoms with Crippen LogP contribution in [0, 0.1) is 0 Å². The molecule has 3 aromatic rings. The number of rotatable bonds is 8. The van der Waals surface area contributed by atoms with Crippen LogP contribution < -0.4 is 19.5 Å². The molecule has 0 aliphatic heterocycles. The normalized spacial score (nSPS) is 12.1. The van der Waals surface area contributed by atoms with Gasteiger partial charge in [-0.3, -0.25) is 9.52 Å². The van der Waals surface area contributed by atoms with Gasteiger partial charge in [-0.2, -0.15) is 0 Å². The monoisotopic (exact) mass is 446 g/mol. The summed E-state index contributed by atoms with van der Waals surface area (Å²) in [7, 11) is -0.492. The number of methoxy groups -OCH3 is 2. The van der Waals surface area contributed by atoms with Crippen molar-refractivity contribution >= 4 is 33.0 Å². The van der Waals surface area contributed by atoms with E-state index < -0.39 is 10.0 Å². The molecule has 158 valence electrons. The highest BCUT2D eigenvalue weighted by atomic mass is 32.2. The van der Waals surface area contributed by atoms with Crippen LogP contribution in [-0.4, -0.2) is 28.5 Å². The van der Waals surface area contributed by atoms with E-state index in [1.807, 2.05) is 13.0 Å². The number of nitrogens with one attached hydrogen (secondary N) is 2. The molecule has 0 saturated carbocycles. The summed E-state index contributed by atoms with van der Waals surface area (Å²) in [6.45, 7) is 1.85. The number of ether oxygens (including phenoxy) is 2. The van der Waals surface area contributed by atoms with Gasteiger partial charge < -0.3 is 14.8 Å². The lowest BCUT2D eigenvalue weighted by atomic mass is 10.1. The third-order valence-electron chi connectivity index (χ3n) is 4.41. The first-order valence-electron chi connectivity index (χ1n) is 9.03. The zero-order chi connectivity index (χ0) is 21.7. The average molecular weight is 447 g/mol. The molecule has 9 heteroatoms. The number of thiophene rings is 1. The average Bonchev–Trinajstić information content (AvgIpc) is 3.29. The fourth-order valence-corrected chi connectivity index (χ4v) is 4.90. The molecule has 1 heterocycles. The van der Waals surface area contributed by atoms with Crippen molar-refractivity contribution in [2.75, 3.05) is 18.9 Å². The van der Waals surface area contributed by atoms with E-state index in [1.54, 1.807) is 62.1 Å². The van der Waals surface area contributed by atoms with Crippen molar-refractivity contribution in [2.24, 2.45) is 0 Å². The Morgan fingerprint density at radius 2 is 1.77 bits per heavy atom. The lowest BCUT2D eigenvalue weighted by Gasteiger charge is -2.18. The van der Waals surface area contributed by atoms with E-state index in [1.165, 1.54) is 6.07 Å². The molecule has 0 aliphatic carbocycles. The third-order valence-corrected chi connectivity index (χ3v) is 7.19. The molecular formula is C21H22N2O5S2. The Morgan fingerprint density at radius 3 is 2.37 bits per heavy atom. The molecule has 0 aliphatic rings. The van der Waals surface area contributed by atoms with Crippen molar-refractivity contribution < 1.29 is 22.7 Å². The van der Waals surface area contributed by atoms with E-state index in [0.29, 0.717) is 22.7 Å². The quantitative estimate of drug-likeness (QED) is 0.544. The predicted octanol–water partition coefficient (Wildman–Crippen LogP) is 4.06. The molecule has 0 spiro atoms. The highest BCUT2D eigenvalue weighted by Crippen LogP contribution is 2.29. The van der Waals surface area contributed by atoms with Crippen molar-refractivity contribution in [3.8, 4) is 11.5 Å². The van der Waals surface area contributed by atoms with Gasteiger partial charge in [-0.15, -0.1) is 11.3 Å². The van der Waals surface area contributed by atoms with Gasteiger partial charge in [0.1, 0.15) is 15.7 Å². The fraction of sp³-hybridized carbons (Fsp3) is 0.190. The molecule has 0 radical (unpaired) electrons. The Hall–Kier alpha value is -3.04. The Kier molecular flexibility index (Phi) is 6.63. The maximum atomic E-state index is 12.6.